The second-order valence-electron chi connectivity index (χ2n) is 6.80. The second kappa shape index (κ2) is 6.32. The van der Waals surface area contributed by atoms with Gasteiger partial charge in [0.25, 0.3) is 0 Å². The maximum absolute atomic E-state index is 11.3. The van der Waals surface area contributed by atoms with Gasteiger partial charge in [0.15, 0.2) is 5.82 Å². The lowest BCUT2D eigenvalue weighted by Crippen LogP contribution is -2.18. The van der Waals surface area contributed by atoms with Crippen LogP contribution in [0, 0.1) is 0 Å². The Kier molecular flexibility index (Phi) is 3.91. The fraction of sp³-hybridized carbons (Fsp3) is 0.250. The minimum atomic E-state index is -0.893. The Morgan fingerprint density at radius 3 is 2.81 bits per heavy atom. The van der Waals surface area contributed by atoms with Crippen LogP contribution < -0.4 is 4.90 Å². The molecule has 0 saturated heterocycles. The number of fused-ring (bicyclic) bond motifs is 2. The van der Waals surface area contributed by atoms with Crippen LogP contribution >= 0.6 is 22.9 Å². The van der Waals surface area contributed by atoms with Gasteiger partial charge in [-0.05, 0) is 61.6 Å². The predicted molar refractivity (Wildman–Crippen MR) is 106 cm³/mol. The quantitative estimate of drug-likeness (QED) is 0.691. The summed E-state index contributed by atoms with van der Waals surface area (Å²) in [5.74, 6) is 0.785. The third-order valence-corrected chi connectivity index (χ3v) is 6.41. The molecule has 0 amide bonds. The molecule has 1 aliphatic carbocycles. The smallest absolute Gasteiger partial charge is 0.335 e. The predicted octanol–water partition coefficient (Wildman–Crippen LogP) is 4.74. The fourth-order valence-corrected chi connectivity index (χ4v) is 4.91. The number of anilines is 2. The number of thiophene rings is 1. The number of nitrogens with zero attached hydrogens (tertiary/aromatic N) is 3. The van der Waals surface area contributed by atoms with Crippen LogP contribution in [0.4, 0.5) is 11.5 Å². The van der Waals surface area contributed by atoms with E-state index in [-0.39, 0.29) is 0 Å². The number of hydrogen-bond donors (Lipinski definition) is 1. The van der Waals surface area contributed by atoms with E-state index >= 15 is 0 Å². The summed E-state index contributed by atoms with van der Waals surface area (Å²) in [4.78, 5) is 24.2. The van der Waals surface area contributed by atoms with Crippen molar-refractivity contribution in [3.05, 3.63) is 57.1 Å². The first-order valence-electron chi connectivity index (χ1n) is 8.89. The van der Waals surface area contributed by atoms with Gasteiger partial charge in [0.05, 0.1) is 14.8 Å². The number of carboxylic acid groups (broad SMARTS) is 1. The monoisotopic (exact) mass is 397 g/mol. The summed E-state index contributed by atoms with van der Waals surface area (Å²) >= 11 is 7.59. The van der Waals surface area contributed by atoms with E-state index in [4.69, 9.17) is 21.6 Å². The normalized spacial score (nSPS) is 15.1. The van der Waals surface area contributed by atoms with Gasteiger partial charge >= 0.3 is 5.97 Å². The van der Waals surface area contributed by atoms with Crippen LogP contribution in [0.5, 0.6) is 0 Å². The Morgan fingerprint density at radius 1 is 1.15 bits per heavy atom. The average Bonchev–Trinajstić information content (AvgIpc) is 3.39. The van der Waals surface area contributed by atoms with Gasteiger partial charge in [0, 0.05) is 23.5 Å². The van der Waals surface area contributed by atoms with Crippen LogP contribution in [0.3, 0.4) is 0 Å². The molecule has 136 valence electrons. The van der Waals surface area contributed by atoms with Crippen LogP contribution in [-0.4, -0.2) is 27.6 Å². The Morgan fingerprint density at radius 2 is 2.04 bits per heavy atom. The summed E-state index contributed by atoms with van der Waals surface area (Å²) in [5.41, 5.74) is 4.77. The van der Waals surface area contributed by atoms with Gasteiger partial charge < -0.3 is 10.0 Å². The number of aromatic nitrogens is 2. The first kappa shape index (κ1) is 16.7. The highest BCUT2D eigenvalue weighted by atomic mass is 35.5. The van der Waals surface area contributed by atoms with E-state index in [0.29, 0.717) is 5.56 Å². The van der Waals surface area contributed by atoms with Crippen molar-refractivity contribution in [2.24, 2.45) is 0 Å². The molecule has 5 rings (SSSR count). The lowest BCUT2D eigenvalue weighted by atomic mass is 10.1. The first-order valence-corrected chi connectivity index (χ1v) is 10.1. The van der Waals surface area contributed by atoms with Crippen molar-refractivity contribution in [1.29, 1.82) is 0 Å². The molecule has 5 nitrogen and oxygen atoms in total. The fourth-order valence-electron chi connectivity index (χ4n) is 3.94. The first-order chi connectivity index (χ1) is 13.1. The summed E-state index contributed by atoms with van der Waals surface area (Å²) in [6.45, 7) is 0.798. The molecule has 1 aromatic carbocycles. The molecule has 0 atom stereocenters. The molecule has 0 bridgehead atoms. The highest BCUT2D eigenvalue weighted by Crippen LogP contribution is 2.40. The van der Waals surface area contributed by atoms with Gasteiger partial charge in [0.2, 0.25) is 0 Å². The molecule has 1 aliphatic heterocycles. The van der Waals surface area contributed by atoms with E-state index < -0.39 is 5.97 Å². The van der Waals surface area contributed by atoms with Crippen molar-refractivity contribution in [3.63, 3.8) is 0 Å². The molecular formula is C20H16ClN3O2S. The minimum absolute atomic E-state index is 0.331. The highest BCUT2D eigenvalue weighted by molar-refractivity contribution is 7.19. The van der Waals surface area contributed by atoms with Crippen LogP contribution in [0.1, 0.15) is 33.6 Å². The number of carbonyl (C=O) groups is 1. The van der Waals surface area contributed by atoms with E-state index in [2.05, 4.69) is 4.90 Å². The molecule has 27 heavy (non-hydrogen) atoms. The van der Waals surface area contributed by atoms with Crippen molar-refractivity contribution in [2.75, 3.05) is 11.4 Å². The van der Waals surface area contributed by atoms with E-state index in [9.17, 15) is 9.90 Å². The molecule has 2 aliphatic rings. The third-order valence-electron chi connectivity index (χ3n) is 5.18. The molecule has 1 N–H and O–H groups in total. The Labute approximate surface area is 165 Å². The van der Waals surface area contributed by atoms with Gasteiger partial charge in [-0.15, -0.1) is 11.3 Å². The number of benzene rings is 1. The zero-order valence-corrected chi connectivity index (χ0v) is 16.0. The summed E-state index contributed by atoms with van der Waals surface area (Å²) in [7, 11) is 0. The molecule has 0 fully saturated rings. The van der Waals surface area contributed by atoms with Crippen molar-refractivity contribution in [2.45, 2.75) is 25.7 Å². The number of rotatable bonds is 3. The molecule has 7 heteroatoms. The number of hydrogen-bond acceptors (Lipinski definition) is 5. The Bertz CT molecular complexity index is 1080. The van der Waals surface area contributed by atoms with E-state index in [1.165, 1.54) is 16.9 Å². The van der Waals surface area contributed by atoms with Gasteiger partial charge in [-0.2, -0.15) is 0 Å². The highest BCUT2D eigenvalue weighted by Gasteiger charge is 2.29. The molecule has 0 saturated carbocycles. The maximum Gasteiger partial charge on any atom is 0.335 e. The van der Waals surface area contributed by atoms with E-state index in [1.54, 1.807) is 12.1 Å². The molecular weight excluding hydrogens is 382 g/mol. The Hall–Kier alpha value is -2.44. The summed E-state index contributed by atoms with van der Waals surface area (Å²) in [6.07, 6.45) is 3.85. The van der Waals surface area contributed by atoms with Crippen LogP contribution in [-0.2, 0) is 19.3 Å². The third kappa shape index (κ3) is 2.80. The zero-order chi connectivity index (χ0) is 18.5. The van der Waals surface area contributed by atoms with Crippen molar-refractivity contribution in [3.8, 4) is 10.7 Å². The molecule has 3 aromatic rings. The summed E-state index contributed by atoms with van der Waals surface area (Å²) in [6, 6.07) is 9.18. The Balaban J connectivity index is 1.62. The summed E-state index contributed by atoms with van der Waals surface area (Å²) < 4.78 is 0.725. The largest absolute Gasteiger partial charge is 0.478 e. The van der Waals surface area contributed by atoms with Crippen LogP contribution in [0.25, 0.3) is 10.7 Å². The standard InChI is InChI=1S/C20H16ClN3O2S/c21-17-7-6-16(27-17)18-22-14-3-1-2-13(14)19(23-18)24-9-8-11-10-12(20(25)26)4-5-15(11)24/h4-7,10H,1-3,8-9H2,(H,25,26). The number of halogens is 1. The summed E-state index contributed by atoms with van der Waals surface area (Å²) in [5, 5.41) is 9.25. The average molecular weight is 398 g/mol. The lowest BCUT2D eigenvalue weighted by Gasteiger charge is -2.22. The SMILES string of the molecule is O=C(O)c1ccc2c(c1)CCN2c1nc(-c2ccc(Cl)s2)nc2c1CCC2. The second-order valence-corrected chi connectivity index (χ2v) is 8.52. The van der Waals surface area contributed by atoms with Gasteiger partial charge in [-0.3, -0.25) is 0 Å². The molecule has 0 spiro atoms. The maximum atomic E-state index is 11.3. The van der Waals surface area contributed by atoms with Crippen molar-refractivity contribution in [1.82, 2.24) is 9.97 Å². The van der Waals surface area contributed by atoms with E-state index in [0.717, 1.165) is 70.0 Å². The molecule has 2 aromatic heterocycles. The minimum Gasteiger partial charge on any atom is -0.478 e. The van der Waals surface area contributed by atoms with Gasteiger partial charge in [-0.25, -0.2) is 14.8 Å². The number of aryl methyl sites for hydroxylation is 1. The van der Waals surface area contributed by atoms with Crippen molar-refractivity contribution >= 4 is 40.4 Å². The zero-order valence-electron chi connectivity index (χ0n) is 14.4. The van der Waals surface area contributed by atoms with Crippen molar-refractivity contribution < 1.29 is 9.90 Å². The van der Waals surface area contributed by atoms with Gasteiger partial charge in [-0.1, -0.05) is 11.6 Å². The number of aromatic carboxylic acids is 1. The van der Waals surface area contributed by atoms with E-state index in [1.807, 2.05) is 18.2 Å². The molecule has 3 heterocycles. The lowest BCUT2D eigenvalue weighted by molar-refractivity contribution is 0.0697. The molecule has 0 radical (unpaired) electrons. The topological polar surface area (TPSA) is 66.3 Å². The van der Waals surface area contributed by atoms with Gasteiger partial charge in [0.1, 0.15) is 5.82 Å². The molecule has 0 unspecified atom stereocenters. The van der Waals surface area contributed by atoms with Crippen LogP contribution in [0.2, 0.25) is 4.34 Å². The van der Waals surface area contributed by atoms with Crippen LogP contribution in [0.15, 0.2) is 30.3 Å². The number of carboxylic acids is 1.